The van der Waals surface area contributed by atoms with Gasteiger partial charge in [0.15, 0.2) is 0 Å². The lowest BCUT2D eigenvalue weighted by molar-refractivity contribution is 0.102. The minimum absolute atomic E-state index is 0.0127. The summed E-state index contributed by atoms with van der Waals surface area (Å²) in [6.45, 7) is 3.79. The largest absolute Gasteiger partial charge is 0.322 e. The van der Waals surface area contributed by atoms with Crippen LogP contribution >= 0.6 is 0 Å². The average Bonchev–Trinajstić information content (AvgIpc) is 2.61. The van der Waals surface area contributed by atoms with Gasteiger partial charge in [0.1, 0.15) is 17.3 Å². The van der Waals surface area contributed by atoms with Crippen LogP contribution in [0.3, 0.4) is 0 Å². The lowest BCUT2D eigenvalue weighted by atomic mass is 10.1. The van der Waals surface area contributed by atoms with E-state index in [9.17, 15) is 13.6 Å². The maximum atomic E-state index is 13.7. The van der Waals surface area contributed by atoms with Crippen molar-refractivity contribution in [2.24, 2.45) is 0 Å². The fourth-order valence-corrected chi connectivity index (χ4v) is 2.45. The highest BCUT2D eigenvalue weighted by Gasteiger charge is 2.13. The van der Waals surface area contributed by atoms with Crippen molar-refractivity contribution in [3.8, 4) is 0 Å². The fourth-order valence-electron chi connectivity index (χ4n) is 2.45. The third-order valence-electron chi connectivity index (χ3n) is 3.79. The molecule has 0 atom stereocenters. The van der Waals surface area contributed by atoms with Crippen LogP contribution in [0.2, 0.25) is 0 Å². The van der Waals surface area contributed by atoms with Gasteiger partial charge in [-0.25, -0.2) is 18.7 Å². The third-order valence-corrected chi connectivity index (χ3v) is 3.79. The second-order valence-corrected chi connectivity index (χ2v) is 5.74. The van der Waals surface area contributed by atoms with Crippen LogP contribution in [0.25, 0.3) is 0 Å². The van der Waals surface area contributed by atoms with Crippen molar-refractivity contribution in [3.05, 3.63) is 77.1 Å². The molecule has 1 aromatic heterocycles. The average molecular weight is 354 g/mol. The molecule has 0 aliphatic carbocycles. The van der Waals surface area contributed by atoms with Gasteiger partial charge in [-0.1, -0.05) is 18.2 Å². The normalized spacial score (nSPS) is 10.5. The zero-order valence-corrected chi connectivity index (χ0v) is 14.2. The van der Waals surface area contributed by atoms with Crippen LogP contribution in [0.15, 0.2) is 48.7 Å². The molecule has 0 saturated carbocycles. The first kappa shape index (κ1) is 17.5. The monoisotopic (exact) mass is 354 g/mol. The van der Waals surface area contributed by atoms with Crippen LogP contribution in [0.1, 0.15) is 21.6 Å². The van der Waals surface area contributed by atoms with Crippen LogP contribution in [0, 0.1) is 25.5 Å². The number of halogens is 2. The molecule has 0 bridgehead atoms. The summed E-state index contributed by atoms with van der Waals surface area (Å²) in [4.78, 5) is 20.5. The van der Waals surface area contributed by atoms with Gasteiger partial charge in [0, 0.05) is 18.0 Å². The van der Waals surface area contributed by atoms with Crippen molar-refractivity contribution < 1.29 is 13.6 Å². The number of hydrogen-bond donors (Lipinski definition) is 2. The van der Waals surface area contributed by atoms with E-state index in [4.69, 9.17) is 0 Å². The van der Waals surface area contributed by atoms with Crippen molar-refractivity contribution in [1.82, 2.24) is 9.97 Å². The Morgan fingerprint density at radius 2 is 1.77 bits per heavy atom. The molecule has 1 heterocycles. The first-order valence-electron chi connectivity index (χ1n) is 7.87. The van der Waals surface area contributed by atoms with E-state index in [1.165, 1.54) is 18.3 Å². The van der Waals surface area contributed by atoms with E-state index in [1.807, 2.05) is 32.0 Å². The summed E-state index contributed by atoms with van der Waals surface area (Å²) in [5.41, 5.74) is 2.71. The molecule has 0 aliphatic rings. The van der Waals surface area contributed by atoms with E-state index >= 15 is 0 Å². The van der Waals surface area contributed by atoms with Gasteiger partial charge in [-0.15, -0.1) is 0 Å². The summed E-state index contributed by atoms with van der Waals surface area (Å²) >= 11 is 0. The molecule has 7 heteroatoms. The highest BCUT2D eigenvalue weighted by molar-refractivity contribution is 6.03. The standard InChI is InChI=1S/C19H16F2N4O/c1-11-4-3-5-12(2)17(11)25-18(26)16-8-9-22-19(24-16)23-15-7-6-13(20)10-14(15)21/h3-10H,1-2H3,(H,25,26)(H,22,23,24). The highest BCUT2D eigenvalue weighted by atomic mass is 19.1. The Bertz CT molecular complexity index is 955. The van der Waals surface area contributed by atoms with E-state index in [-0.39, 0.29) is 17.3 Å². The highest BCUT2D eigenvalue weighted by Crippen LogP contribution is 2.21. The zero-order chi connectivity index (χ0) is 18.7. The number of aryl methyl sites for hydroxylation is 2. The van der Waals surface area contributed by atoms with E-state index in [0.29, 0.717) is 0 Å². The van der Waals surface area contributed by atoms with Crippen LogP contribution in [-0.2, 0) is 0 Å². The Hall–Kier alpha value is -3.35. The molecule has 0 aliphatic heterocycles. The second-order valence-electron chi connectivity index (χ2n) is 5.74. The number of nitrogens with zero attached hydrogens (tertiary/aromatic N) is 2. The number of hydrogen-bond acceptors (Lipinski definition) is 4. The lowest BCUT2D eigenvalue weighted by Crippen LogP contribution is -2.16. The van der Waals surface area contributed by atoms with Gasteiger partial charge < -0.3 is 10.6 Å². The number of aromatic nitrogens is 2. The van der Waals surface area contributed by atoms with Gasteiger partial charge in [-0.05, 0) is 43.2 Å². The predicted molar refractivity (Wildman–Crippen MR) is 95.5 cm³/mol. The maximum Gasteiger partial charge on any atom is 0.274 e. The lowest BCUT2D eigenvalue weighted by Gasteiger charge is -2.11. The molecule has 26 heavy (non-hydrogen) atoms. The summed E-state index contributed by atoms with van der Waals surface area (Å²) in [5, 5.41) is 5.46. The molecule has 3 aromatic rings. The fraction of sp³-hybridized carbons (Fsp3) is 0.105. The SMILES string of the molecule is Cc1cccc(C)c1NC(=O)c1ccnc(Nc2ccc(F)cc2F)n1. The number of amides is 1. The van der Waals surface area contributed by atoms with E-state index in [1.54, 1.807) is 0 Å². The van der Waals surface area contributed by atoms with Crippen LogP contribution < -0.4 is 10.6 Å². The van der Waals surface area contributed by atoms with Crippen molar-refractivity contribution in [3.63, 3.8) is 0 Å². The molecule has 2 N–H and O–H groups in total. The van der Waals surface area contributed by atoms with Crippen molar-refractivity contribution >= 4 is 23.2 Å². The van der Waals surface area contributed by atoms with Gasteiger partial charge in [-0.2, -0.15) is 0 Å². The molecule has 0 spiro atoms. The van der Waals surface area contributed by atoms with Crippen molar-refractivity contribution in [2.45, 2.75) is 13.8 Å². The van der Waals surface area contributed by atoms with E-state index < -0.39 is 17.5 Å². The molecule has 0 radical (unpaired) electrons. The minimum Gasteiger partial charge on any atom is -0.322 e. The summed E-state index contributed by atoms with van der Waals surface area (Å²) in [7, 11) is 0. The van der Waals surface area contributed by atoms with Gasteiger partial charge in [0.25, 0.3) is 5.91 Å². The molecule has 0 fully saturated rings. The first-order chi connectivity index (χ1) is 12.4. The molecule has 1 amide bonds. The molecule has 0 saturated heterocycles. The predicted octanol–water partition coefficient (Wildman–Crippen LogP) is 4.37. The number of para-hydroxylation sites is 1. The van der Waals surface area contributed by atoms with Gasteiger partial charge in [0.05, 0.1) is 5.69 Å². The number of nitrogens with one attached hydrogen (secondary N) is 2. The summed E-state index contributed by atoms with van der Waals surface area (Å²) in [5.74, 6) is -1.84. The minimum atomic E-state index is -0.779. The topological polar surface area (TPSA) is 66.9 Å². The maximum absolute atomic E-state index is 13.7. The molecule has 0 unspecified atom stereocenters. The Labute approximate surface area is 149 Å². The van der Waals surface area contributed by atoms with Gasteiger partial charge in [0.2, 0.25) is 5.95 Å². The number of carbonyl (C=O) groups excluding carboxylic acids is 1. The van der Waals surface area contributed by atoms with Crippen LogP contribution in [0.5, 0.6) is 0 Å². The summed E-state index contributed by atoms with van der Waals surface area (Å²) < 4.78 is 26.7. The molecule has 5 nitrogen and oxygen atoms in total. The summed E-state index contributed by atoms with van der Waals surface area (Å²) in [6.07, 6.45) is 1.39. The first-order valence-corrected chi connectivity index (χ1v) is 7.87. The summed E-state index contributed by atoms with van der Waals surface area (Å²) in [6, 6.07) is 10.2. The molecule has 2 aromatic carbocycles. The zero-order valence-electron chi connectivity index (χ0n) is 14.2. The second kappa shape index (κ2) is 7.26. The number of rotatable bonds is 4. The van der Waals surface area contributed by atoms with Crippen LogP contribution in [0.4, 0.5) is 26.1 Å². The number of anilines is 3. The number of carbonyl (C=O) groups is 1. The van der Waals surface area contributed by atoms with E-state index in [0.717, 1.165) is 28.9 Å². The van der Waals surface area contributed by atoms with Crippen molar-refractivity contribution in [2.75, 3.05) is 10.6 Å². The third kappa shape index (κ3) is 3.83. The van der Waals surface area contributed by atoms with E-state index in [2.05, 4.69) is 20.6 Å². The Kier molecular flexibility index (Phi) is 4.88. The number of benzene rings is 2. The van der Waals surface area contributed by atoms with Crippen LogP contribution in [-0.4, -0.2) is 15.9 Å². The smallest absolute Gasteiger partial charge is 0.274 e. The quantitative estimate of drug-likeness (QED) is 0.730. The van der Waals surface area contributed by atoms with Crippen molar-refractivity contribution in [1.29, 1.82) is 0 Å². The molecule has 132 valence electrons. The molecular formula is C19H16F2N4O. The Morgan fingerprint density at radius 1 is 1.04 bits per heavy atom. The Balaban J connectivity index is 1.81. The van der Waals surface area contributed by atoms with Gasteiger partial charge in [-0.3, -0.25) is 4.79 Å². The van der Waals surface area contributed by atoms with Gasteiger partial charge >= 0.3 is 0 Å². The molecular weight excluding hydrogens is 338 g/mol. The Morgan fingerprint density at radius 3 is 2.46 bits per heavy atom. The molecule has 3 rings (SSSR count).